The zero-order valence-electron chi connectivity index (χ0n) is 17.0. The summed E-state index contributed by atoms with van der Waals surface area (Å²) in [5, 5.41) is 5.35. The number of hydrogen-bond acceptors (Lipinski definition) is 5. The van der Waals surface area contributed by atoms with Gasteiger partial charge in [0.05, 0.1) is 6.54 Å². The summed E-state index contributed by atoms with van der Waals surface area (Å²) >= 11 is 1.15. The van der Waals surface area contributed by atoms with Crippen molar-refractivity contribution in [1.82, 2.24) is 14.9 Å². The van der Waals surface area contributed by atoms with Crippen LogP contribution in [0.15, 0.2) is 21.7 Å². The molecule has 27 heavy (non-hydrogen) atoms. The average molecular weight is 416 g/mol. The minimum atomic E-state index is -3.63. The molecule has 1 aromatic heterocycles. The van der Waals surface area contributed by atoms with Crippen molar-refractivity contribution in [3.8, 4) is 0 Å². The summed E-state index contributed by atoms with van der Waals surface area (Å²) in [6.07, 6.45) is 3.60. The predicted octanol–water partition coefficient (Wildman–Crippen LogP) is 2.96. The lowest BCUT2D eigenvalue weighted by Crippen LogP contribution is -2.63. The van der Waals surface area contributed by atoms with Gasteiger partial charge in [0, 0.05) is 23.7 Å². The van der Waals surface area contributed by atoms with Crippen molar-refractivity contribution in [2.75, 3.05) is 13.1 Å². The normalized spacial score (nSPS) is 19.7. The van der Waals surface area contributed by atoms with Gasteiger partial charge in [-0.3, -0.25) is 4.79 Å². The average Bonchev–Trinajstić information content (AvgIpc) is 3.05. The SMILES string of the molecule is CCCCN(C(=O)CNS(=O)(=O)c1cccs1)C1CC(C)(C)NC(C)(C)C1. The number of thiophene rings is 1. The highest BCUT2D eigenvalue weighted by Crippen LogP contribution is 2.31. The van der Waals surface area contributed by atoms with E-state index in [1.807, 2.05) is 4.90 Å². The highest BCUT2D eigenvalue weighted by molar-refractivity contribution is 7.91. The number of nitrogens with zero attached hydrogens (tertiary/aromatic N) is 1. The third kappa shape index (κ3) is 6.27. The Hall–Kier alpha value is -0.960. The molecule has 0 saturated carbocycles. The van der Waals surface area contributed by atoms with Crippen molar-refractivity contribution in [3.63, 3.8) is 0 Å². The first kappa shape index (κ1) is 22.3. The first-order valence-electron chi connectivity index (χ1n) is 9.58. The van der Waals surface area contributed by atoms with Crippen LogP contribution in [0.2, 0.25) is 0 Å². The van der Waals surface area contributed by atoms with Gasteiger partial charge in [0.1, 0.15) is 4.21 Å². The van der Waals surface area contributed by atoms with Gasteiger partial charge in [-0.25, -0.2) is 13.1 Å². The smallest absolute Gasteiger partial charge is 0.250 e. The Labute approximate surface area is 167 Å². The maximum Gasteiger partial charge on any atom is 0.250 e. The fourth-order valence-corrected chi connectivity index (χ4v) is 6.09. The number of carbonyl (C=O) groups excluding carboxylic acids is 1. The maximum atomic E-state index is 13.0. The van der Waals surface area contributed by atoms with E-state index in [2.05, 4.69) is 44.7 Å². The standard InChI is InChI=1S/C19H33N3O3S2/c1-6-7-10-22(15-12-18(2,3)21-19(4,5)13-15)16(23)14-20-27(24,25)17-9-8-11-26-17/h8-9,11,15,20-21H,6-7,10,12-14H2,1-5H3. The fourth-order valence-electron chi connectivity index (χ4n) is 4.07. The molecule has 0 unspecified atom stereocenters. The lowest BCUT2D eigenvalue weighted by molar-refractivity contribution is -0.134. The molecular weight excluding hydrogens is 382 g/mol. The third-order valence-electron chi connectivity index (χ3n) is 4.86. The zero-order valence-corrected chi connectivity index (χ0v) is 18.7. The number of amides is 1. The molecule has 2 heterocycles. The van der Waals surface area contributed by atoms with E-state index in [4.69, 9.17) is 0 Å². The number of nitrogens with one attached hydrogen (secondary N) is 2. The van der Waals surface area contributed by atoms with E-state index in [0.29, 0.717) is 6.54 Å². The number of carbonyl (C=O) groups is 1. The second-order valence-electron chi connectivity index (χ2n) is 8.65. The van der Waals surface area contributed by atoms with Crippen LogP contribution in [0.4, 0.5) is 0 Å². The molecule has 0 aliphatic carbocycles. The van der Waals surface area contributed by atoms with Gasteiger partial charge in [-0.2, -0.15) is 0 Å². The Kier molecular flexibility index (Phi) is 7.11. The van der Waals surface area contributed by atoms with Gasteiger partial charge < -0.3 is 10.2 Å². The molecular formula is C19H33N3O3S2. The zero-order chi connectivity index (χ0) is 20.3. The van der Waals surface area contributed by atoms with Gasteiger partial charge in [-0.05, 0) is 58.4 Å². The van der Waals surface area contributed by atoms with Crippen molar-refractivity contribution in [2.45, 2.75) is 81.6 Å². The van der Waals surface area contributed by atoms with Gasteiger partial charge in [-0.1, -0.05) is 19.4 Å². The quantitative estimate of drug-likeness (QED) is 0.684. The minimum absolute atomic E-state index is 0.0758. The molecule has 6 nitrogen and oxygen atoms in total. The van der Waals surface area contributed by atoms with Crippen LogP contribution in [0.1, 0.15) is 60.3 Å². The molecule has 2 rings (SSSR count). The van der Waals surface area contributed by atoms with Crippen molar-refractivity contribution in [2.24, 2.45) is 0 Å². The molecule has 0 spiro atoms. The first-order chi connectivity index (χ1) is 12.5. The second-order valence-corrected chi connectivity index (χ2v) is 11.6. The summed E-state index contributed by atoms with van der Waals surface area (Å²) in [4.78, 5) is 14.9. The lowest BCUT2D eigenvalue weighted by Gasteiger charge is -2.49. The molecule has 0 aromatic carbocycles. The van der Waals surface area contributed by atoms with Crippen LogP contribution in [0.3, 0.4) is 0 Å². The third-order valence-corrected chi connectivity index (χ3v) is 7.65. The van der Waals surface area contributed by atoms with Crippen molar-refractivity contribution < 1.29 is 13.2 Å². The lowest BCUT2D eigenvalue weighted by atomic mass is 9.79. The Bertz CT molecular complexity index is 711. The Balaban J connectivity index is 2.11. The maximum absolute atomic E-state index is 13.0. The summed E-state index contributed by atoms with van der Waals surface area (Å²) in [6.45, 7) is 11.2. The van der Waals surface area contributed by atoms with Crippen molar-refractivity contribution in [3.05, 3.63) is 17.5 Å². The van der Waals surface area contributed by atoms with Crippen LogP contribution in [0, 0.1) is 0 Å². The molecule has 154 valence electrons. The molecule has 1 fully saturated rings. The number of piperidine rings is 1. The Morgan fingerprint density at radius 3 is 2.44 bits per heavy atom. The molecule has 1 amide bonds. The monoisotopic (exact) mass is 415 g/mol. The van der Waals surface area contributed by atoms with Gasteiger partial charge >= 0.3 is 0 Å². The summed E-state index contributed by atoms with van der Waals surface area (Å²) < 4.78 is 27.4. The Morgan fingerprint density at radius 2 is 1.93 bits per heavy atom. The first-order valence-corrected chi connectivity index (χ1v) is 11.9. The van der Waals surface area contributed by atoms with E-state index < -0.39 is 10.0 Å². The molecule has 1 saturated heterocycles. The molecule has 2 N–H and O–H groups in total. The Morgan fingerprint density at radius 1 is 1.30 bits per heavy atom. The van der Waals surface area contributed by atoms with Crippen LogP contribution in [0.25, 0.3) is 0 Å². The van der Waals surface area contributed by atoms with Gasteiger partial charge in [0.15, 0.2) is 0 Å². The van der Waals surface area contributed by atoms with Crippen LogP contribution < -0.4 is 10.0 Å². The van der Waals surface area contributed by atoms with E-state index in [-0.39, 0.29) is 33.8 Å². The van der Waals surface area contributed by atoms with Gasteiger partial charge in [-0.15, -0.1) is 11.3 Å². The molecule has 0 atom stereocenters. The van der Waals surface area contributed by atoms with Crippen molar-refractivity contribution >= 4 is 27.3 Å². The van der Waals surface area contributed by atoms with E-state index >= 15 is 0 Å². The molecule has 1 aromatic rings. The molecule has 0 bridgehead atoms. The highest BCUT2D eigenvalue weighted by Gasteiger charge is 2.41. The van der Waals surface area contributed by atoms with Crippen LogP contribution in [-0.2, 0) is 14.8 Å². The number of hydrogen-bond donors (Lipinski definition) is 2. The second kappa shape index (κ2) is 8.59. The summed E-state index contributed by atoms with van der Waals surface area (Å²) in [5.41, 5.74) is -0.152. The van der Waals surface area contributed by atoms with Crippen LogP contribution in [0.5, 0.6) is 0 Å². The summed E-state index contributed by atoms with van der Waals surface area (Å²) in [5.74, 6) is -0.151. The van der Waals surface area contributed by atoms with Crippen LogP contribution in [-0.4, -0.2) is 49.4 Å². The number of unbranched alkanes of at least 4 members (excludes halogenated alkanes) is 1. The summed E-state index contributed by atoms with van der Waals surface area (Å²) in [7, 11) is -3.63. The largest absolute Gasteiger partial charge is 0.338 e. The topological polar surface area (TPSA) is 78.5 Å². The molecule has 1 aliphatic heterocycles. The van der Waals surface area contributed by atoms with Gasteiger partial charge in [0.25, 0.3) is 10.0 Å². The van der Waals surface area contributed by atoms with E-state index in [1.54, 1.807) is 17.5 Å². The molecule has 8 heteroatoms. The predicted molar refractivity (Wildman–Crippen MR) is 110 cm³/mol. The minimum Gasteiger partial charge on any atom is -0.338 e. The molecule has 0 radical (unpaired) electrons. The van der Waals surface area contributed by atoms with Crippen LogP contribution >= 0.6 is 11.3 Å². The fraction of sp³-hybridized carbons (Fsp3) is 0.737. The highest BCUT2D eigenvalue weighted by atomic mass is 32.2. The van der Waals surface area contributed by atoms with Gasteiger partial charge in [0.2, 0.25) is 5.91 Å². The van der Waals surface area contributed by atoms with E-state index in [9.17, 15) is 13.2 Å². The molecule has 1 aliphatic rings. The number of sulfonamides is 1. The van der Waals surface area contributed by atoms with E-state index in [1.165, 1.54) is 0 Å². The summed E-state index contributed by atoms with van der Waals surface area (Å²) in [6, 6.07) is 3.33. The number of rotatable bonds is 8. The van der Waals surface area contributed by atoms with E-state index in [0.717, 1.165) is 37.0 Å². The van der Waals surface area contributed by atoms with Crippen molar-refractivity contribution in [1.29, 1.82) is 0 Å².